The third-order valence-electron chi connectivity index (χ3n) is 3.65. The molecular weight excluding hydrogens is 252 g/mol. The van der Waals surface area contributed by atoms with Crippen molar-refractivity contribution < 1.29 is 4.79 Å². The summed E-state index contributed by atoms with van der Waals surface area (Å²) < 4.78 is 2.03. The summed E-state index contributed by atoms with van der Waals surface area (Å²) in [5.74, 6) is 0.213. The van der Waals surface area contributed by atoms with E-state index in [0.717, 1.165) is 36.5 Å². The fourth-order valence-corrected chi connectivity index (χ4v) is 2.56. The van der Waals surface area contributed by atoms with E-state index in [0.29, 0.717) is 13.0 Å². The number of aromatic nitrogens is 3. The van der Waals surface area contributed by atoms with Crippen molar-refractivity contribution in [1.82, 2.24) is 19.7 Å². The van der Waals surface area contributed by atoms with Gasteiger partial charge in [0.05, 0.1) is 17.9 Å². The lowest BCUT2D eigenvalue weighted by atomic mass is 10.2. The van der Waals surface area contributed by atoms with Crippen molar-refractivity contribution in [3.8, 4) is 11.3 Å². The van der Waals surface area contributed by atoms with Gasteiger partial charge in [0.25, 0.3) is 0 Å². The minimum atomic E-state index is 0.213. The van der Waals surface area contributed by atoms with Crippen LogP contribution >= 0.6 is 0 Å². The van der Waals surface area contributed by atoms with E-state index in [1.54, 1.807) is 12.4 Å². The standard InChI is InChI=1S/C15H18N4O/c1-2-15(20)18-8-3-9-19-13(11-18)10-14(17-19)12-4-6-16-7-5-12/h4-7,10H,2-3,8-9,11H2,1H3. The number of fused-ring (bicyclic) bond motifs is 1. The minimum Gasteiger partial charge on any atom is -0.337 e. The van der Waals surface area contributed by atoms with Crippen molar-refractivity contribution in [3.63, 3.8) is 0 Å². The number of carbonyl (C=O) groups excluding carboxylic acids is 1. The Labute approximate surface area is 118 Å². The fourth-order valence-electron chi connectivity index (χ4n) is 2.56. The van der Waals surface area contributed by atoms with Gasteiger partial charge in [0.15, 0.2) is 0 Å². The Morgan fingerprint density at radius 1 is 1.30 bits per heavy atom. The first-order valence-corrected chi connectivity index (χ1v) is 7.03. The van der Waals surface area contributed by atoms with Crippen LogP contribution in [0.15, 0.2) is 30.6 Å². The molecule has 5 heteroatoms. The number of hydrogen-bond donors (Lipinski definition) is 0. The van der Waals surface area contributed by atoms with E-state index < -0.39 is 0 Å². The Morgan fingerprint density at radius 2 is 2.10 bits per heavy atom. The largest absolute Gasteiger partial charge is 0.337 e. The molecule has 0 unspecified atom stereocenters. The van der Waals surface area contributed by atoms with Gasteiger partial charge >= 0.3 is 0 Å². The maximum atomic E-state index is 11.9. The zero-order valence-electron chi connectivity index (χ0n) is 11.6. The van der Waals surface area contributed by atoms with E-state index in [-0.39, 0.29) is 5.91 Å². The molecule has 0 radical (unpaired) electrons. The average Bonchev–Trinajstić information content (AvgIpc) is 2.79. The molecule has 3 heterocycles. The quantitative estimate of drug-likeness (QED) is 0.839. The zero-order valence-corrected chi connectivity index (χ0v) is 11.6. The summed E-state index contributed by atoms with van der Waals surface area (Å²) in [5.41, 5.74) is 3.12. The van der Waals surface area contributed by atoms with Crippen LogP contribution in [0.2, 0.25) is 0 Å². The molecule has 0 N–H and O–H groups in total. The molecule has 1 amide bonds. The molecule has 1 aliphatic rings. The fraction of sp³-hybridized carbons (Fsp3) is 0.400. The number of nitrogens with zero attached hydrogens (tertiary/aromatic N) is 4. The van der Waals surface area contributed by atoms with Gasteiger partial charge in [0.1, 0.15) is 0 Å². The van der Waals surface area contributed by atoms with Crippen LogP contribution in [0.25, 0.3) is 11.3 Å². The van der Waals surface area contributed by atoms with Crippen molar-refractivity contribution in [2.45, 2.75) is 32.9 Å². The van der Waals surface area contributed by atoms with Crippen molar-refractivity contribution in [3.05, 3.63) is 36.3 Å². The van der Waals surface area contributed by atoms with Crippen LogP contribution in [0.1, 0.15) is 25.5 Å². The average molecular weight is 270 g/mol. The molecule has 1 aliphatic heterocycles. The van der Waals surface area contributed by atoms with Crippen LogP contribution in [0.3, 0.4) is 0 Å². The summed E-state index contributed by atoms with van der Waals surface area (Å²) in [6.07, 6.45) is 5.06. The molecule has 0 aromatic carbocycles. The first-order chi connectivity index (χ1) is 9.78. The van der Waals surface area contributed by atoms with Gasteiger partial charge < -0.3 is 4.90 Å². The Bertz CT molecular complexity index is 606. The van der Waals surface area contributed by atoms with E-state index in [1.807, 2.05) is 28.6 Å². The Morgan fingerprint density at radius 3 is 2.85 bits per heavy atom. The number of hydrogen-bond acceptors (Lipinski definition) is 3. The highest BCUT2D eigenvalue weighted by atomic mass is 16.2. The summed E-state index contributed by atoms with van der Waals surface area (Å²) in [6.45, 7) is 4.26. The van der Waals surface area contributed by atoms with Crippen LogP contribution in [0.4, 0.5) is 0 Å². The van der Waals surface area contributed by atoms with Crippen molar-refractivity contribution >= 4 is 5.91 Å². The second-order valence-corrected chi connectivity index (χ2v) is 5.00. The molecule has 0 saturated carbocycles. The van der Waals surface area contributed by atoms with Crippen molar-refractivity contribution in [1.29, 1.82) is 0 Å². The Kier molecular flexibility index (Phi) is 3.50. The molecule has 0 fully saturated rings. The molecule has 2 aromatic heterocycles. The number of rotatable bonds is 2. The predicted octanol–water partition coefficient (Wildman–Crippen LogP) is 2.09. The molecule has 0 atom stereocenters. The molecule has 0 saturated heterocycles. The number of carbonyl (C=O) groups is 1. The first-order valence-electron chi connectivity index (χ1n) is 7.03. The van der Waals surface area contributed by atoms with Gasteiger partial charge in [0, 0.05) is 37.5 Å². The number of aryl methyl sites for hydroxylation is 1. The normalized spacial score (nSPS) is 14.8. The molecule has 0 spiro atoms. The first kappa shape index (κ1) is 12.8. The molecule has 5 nitrogen and oxygen atoms in total. The maximum Gasteiger partial charge on any atom is 0.222 e. The van der Waals surface area contributed by atoms with E-state index in [9.17, 15) is 4.79 Å². The van der Waals surface area contributed by atoms with Gasteiger partial charge in [-0.3, -0.25) is 14.5 Å². The van der Waals surface area contributed by atoms with E-state index >= 15 is 0 Å². The van der Waals surface area contributed by atoms with E-state index in [2.05, 4.69) is 16.1 Å². The van der Waals surface area contributed by atoms with Gasteiger partial charge in [-0.1, -0.05) is 6.92 Å². The summed E-state index contributed by atoms with van der Waals surface area (Å²) in [5, 5.41) is 4.65. The van der Waals surface area contributed by atoms with Gasteiger partial charge in [-0.15, -0.1) is 0 Å². The highest BCUT2D eigenvalue weighted by Gasteiger charge is 2.19. The minimum absolute atomic E-state index is 0.213. The lowest BCUT2D eigenvalue weighted by molar-refractivity contribution is -0.131. The molecule has 2 aromatic rings. The Hall–Kier alpha value is -2.17. The highest BCUT2D eigenvalue weighted by molar-refractivity contribution is 5.75. The summed E-state index contributed by atoms with van der Waals surface area (Å²) in [4.78, 5) is 17.8. The molecule has 0 bridgehead atoms. The van der Waals surface area contributed by atoms with Gasteiger partial charge in [0.2, 0.25) is 5.91 Å². The number of pyridine rings is 1. The van der Waals surface area contributed by atoms with E-state index in [1.165, 1.54) is 0 Å². The van der Waals surface area contributed by atoms with Crippen LogP contribution < -0.4 is 0 Å². The van der Waals surface area contributed by atoms with Gasteiger partial charge in [-0.05, 0) is 24.6 Å². The van der Waals surface area contributed by atoms with Crippen molar-refractivity contribution in [2.24, 2.45) is 0 Å². The van der Waals surface area contributed by atoms with E-state index in [4.69, 9.17) is 0 Å². The molecular formula is C15H18N4O. The third-order valence-corrected chi connectivity index (χ3v) is 3.65. The lowest BCUT2D eigenvalue weighted by Gasteiger charge is -2.18. The Balaban J connectivity index is 1.89. The lowest BCUT2D eigenvalue weighted by Crippen LogP contribution is -2.29. The van der Waals surface area contributed by atoms with Gasteiger partial charge in [-0.25, -0.2) is 0 Å². The highest BCUT2D eigenvalue weighted by Crippen LogP contribution is 2.21. The van der Waals surface area contributed by atoms with Crippen LogP contribution in [0.5, 0.6) is 0 Å². The van der Waals surface area contributed by atoms with Gasteiger partial charge in [-0.2, -0.15) is 5.10 Å². The second kappa shape index (κ2) is 5.45. The molecule has 104 valence electrons. The van der Waals surface area contributed by atoms with Crippen LogP contribution in [0, 0.1) is 0 Å². The smallest absolute Gasteiger partial charge is 0.222 e. The van der Waals surface area contributed by atoms with Crippen LogP contribution in [-0.4, -0.2) is 32.1 Å². The predicted molar refractivity (Wildman–Crippen MR) is 75.8 cm³/mol. The third kappa shape index (κ3) is 2.43. The molecule has 3 rings (SSSR count). The summed E-state index contributed by atoms with van der Waals surface area (Å²) in [7, 11) is 0. The van der Waals surface area contributed by atoms with Crippen molar-refractivity contribution in [2.75, 3.05) is 6.54 Å². The summed E-state index contributed by atoms with van der Waals surface area (Å²) in [6, 6.07) is 5.99. The number of amides is 1. The second-order valence-electron chi connectivity index (χ2n) is 5.00. The SMILES string of the molecule is CCC(=O)N1CCCn2nc(-c3ccncc3)cc2C1. The maximum absolute atomic E-state index is 11.9. The van der Waals surface area contributed by atoms with Crippen LogP contribution in [-0.2, 0) is 17.9 Å². The molecule has 20 heavy (non-hydrogen) atoms. The zero-order chi connectivity index (χ0) is 13.9. The monoisotopic (exact) mass is 270 g/mol. The molecule has 0 aliphatic carbocycles. The topological polar surface area (TPSA) is 51.0 Å². The summed E-state index contributed by atoms with van der Waals surface area (Å²) >= 11 is 0.